The fourth-order valence-electron chi connectivity index (χ4n) is 3.51. The average Bonchev–Trinajstić information content (AvgIpc) is 3.03. The molecule has 0 spiro atoms. The third kappa shape index (κ3) is 2.09. The van der Waals surface area contributed by atoms with Gasteiger partial charge in [0, 0.05) is 6.04 Å². The maximum atomic E-state index is 11.2. The smallest absolute Gasteiger partial charge is 0.335 e. The van der Waals surface area contributed by atoms with Crippen molar-refractivity contribution in [1.82, 2.24) is 9.55 Å². The Morgan fingerprint density at radius 1 is 1.40 bits per heavy atom. The molecule has 1 aliphatic carbocycles. The number of carbonyl (C=O) groups is 1. The first-order valence-electron chi connectivity index (χ1n) is 7.30. The van der Waals surface area contributed by atoms with Crippen LogP contribution in [-0.2, 0) is 0 Å². The molecule has 0 saturated heterocycles. The second kappa shape index (κ2) is 4.93. The molecular weight excluding hydrogens is 252 g/mol. The second-order valence-electron chi connectivity index (χ2n) is 5.82. The van der Waals surface area contributed by atoms with Crippen molar-refractivity contribution in [3.8, 4) is 0 Å². The van der Waals surface area contributed by atoms with Crippen LogP contribution in [0.4, 0.5) is 0 Å². The summed E-state index contributed by atoms with van der Waals surface area (Å²) in [6, 6.07) is 5.57. The van der Waals surface area contributed by atoms with E-state index in [2.05, 4.69) is 16.5 Å². The Kier molecular flexibility index (Phi) is 3.24. The third-order valence-corrected chi connectivity index (χ3v) is 4.60. The van der Waals surface area contributed by atoms with Crippen LogP contribution in [0.1, 0.15) is 54.8 Å². The number of rotatable bonds is 3. The van der Waals surface area contributed by atoms with Gasteiger partial charge in [-0.15, -0.1) is 0 Å². The number of carboxylic acid groups (broad SMARTS) is 1. The predicted octanol–water partition coefficient (Wildman–Crippen LogP) is 3.79. The van der Waals surface area contributed by atoms with Gasteiger partial charge in [-0.2, -0.15) is 0 Å². The highest BCUT2D eigenvalue weighted by Crippen LogP contribution is 2.36. The molecule has 1 aliphatic rings. The molecule has 1 saturated carbocycles. The Hall–Kier alpha value is -1.84. The van der Waals surface area contributed by atoms with Crippen molar-refractivity contribution in [2.24, 2.45) is 5.92 Å². The highest BCUT2D eigenvalue weighted by atomic mass is 16.4. The maximum Gasteiger partial charge on any atom is 0.335 e. The van der Waals surface area contributed by atoms with E-state index in [4.69, 9.17) is 5.11 Å². The summed E-state index contributed by atoms with van der Waals surface area (Å²) in [4.78, 5) is 15.7. The number of aromatic carboxylic acids is 1. The summed E-state index contributed by atoms with van der Waals surface area (Å²) in [5.41, 5.74) is 2.16. The molecule has 4 nitrogen and oxygen atoms in total. The quantitative estimate of drug-likeness (QED) is 0.924. The predicted molar refractivity (Wildman–Crippen MR) is 78.1 cm³/mol. The molecule has 1 fully saturated rings. The Bertz CT molecular complexity index is 654. The van der Waals surface area contributed by atoms with Crippen LogP contribution in [0.15, 0.2) is 18.2 Å². The molecule has 1 N–H and O–H groups in total. The first-order valence-corrected chi connectivity index (χ1v) is 7.30. The number of aromatic nitrogens is 2. The lowest BCUT2D eigenvalue weighted by Gasteiger charge is -2.22. The van der Waals surface area contributed by atoms with Gasteiger partial charge in [0.2, 0.25) is 0 Å². The van der Waals surface area contributed by atoms with Gasteiger partial charge in [-0.1, -0.05) is 12.8 Å². The molecule has 20 heavy (non-hydrogen) atoms. The zero-order valence-electron chi connectivity index (χ0n) is 12.0. The van der Waals surface area contributed by atoms with E-state index in [9.17, 15) is 4.79 Å². The zero-order chi connectivity index (χ0) is 14.3. The summed E-state index contributed by atoms with van der Waals surface area (Å²) < 4.78 is 2.22. The number of aryl methyl sites for hydroxylation is 1. The number of benzene rings is 1. The van der Waals surface area contributed by atoms with E-state index >= 15 is 0 Å². The Balaban J connectivity index is 2.10. The van der Waals surface area contributed by atoms with Gasteiger partial charge in [-0.05, 0) is 50.8 Å². The van der Waals surface area contributed by atoms with E-state index in [1.54, 1.807) is 12.1 Å². The van der Waals surface area contributed by atoms with E-state index in [1.807, 2.05) is 13.0 Å². The minimum absolute atomic E-state index is 0.331. The van der Waals surface area contributed by atoms with Crippen LogP contribution in [-0.4, -0.2) is 20.6 Å². The van der Waals surface area contributed by atoms with E-state index in [-0.39, 0.29) is 0 Å². The SMILES string of the molecule is Cc1nc2ccc(C(=O)O)cc2n1C(C)C1CCCC1. The molecule has 106 valence electrons. The van der Waals surface area contributed by atoms with Crippen molar-refractivity contribution in [2.45, 2.75) is 45.6 Å². The summed E-state index contributed by atoms with van der Waals surface area (Å²) in [5.74, 6) is 0.771. The van der Waals surface area contributed by atoms with Crippen molar-refractivity contribution in [3.63, 3.8) is 0 Å². The largest absolute Gasteiger partial charge is 0.478 e. The summed E-state index contributed by atoms with van der Waals surface area (Å²) in [7, 11) is 0. The molecule has 4 heteroatoms. The van der Waals surface area contributed by atoms with Gasteiger partial charge in [-0.3, -0.25) is 0 Å². The van der Waals surface area contributed by atoms with Gasteiger partial charge in [-0.25, -0.2) is 9.78 Å². The number of nitrogens with zero attached hydrogens (tertiary/aromatic N) is 2. The normalized spacial score (nSPS) is 17.7. The lowest BCUT2D eigenvalue weighted by Crippen LogP contribution is -2.15. The summed E-state index contributed by atoms with van der Waals surface area (Å²) in [5, 5.41) is 9.16. The van der Waals surface area contributed by atoms with E-state index in [0.29, 0.717) is 17.5 Å². The Morgan fingerprint density at radius 2 is 2.10 bits per heavy atom. The van der Waals surface area contributed by atoms with Crippen molar-refractivity contribution in [3.05, 3.63) is 29.6 Å². The lowest BCUT2D eigenvalue weighted by atomic mass is 9.99. The number of fused-ring (bicyclic) bond motifs is 1. The fraction of sp³-hybridized carbons (Fsp3) is 0.500. The lowest BCUT2D eigenvalue weighted by molar-refractivity contribution is 0.0697. The molecule has 1 unspecified atom stereocenters. The van der Waals surface area contributed by atoms with E-state index in [1.165, 1.54) is 25.7 Å². The molecule has 0 aliphatic heterocycles. The Morgan fingerprint density at radius 3 is 2.75 bits per heavy atom. The topological polar surface area (TPSA) is 55.1 Å². The molecule has 1 heterocycles. The monoisotopic (exact) mass is 272 g/mol. The van der Waals surface area contributed by atoms with Crippen molar-refractivity contribution >= 4 is 17.0 Å². The van der Waals surface area contributed by atoms with Gasteiger partial charge in [0.05, 0.1) is 16.6 Å². The highest BCUT2D eigenvalue weighted by Gasteiger charge is 2.25. The molecular formula is C16H20N2O2. The minimum Gasteiger partial charge on any atom is -0.478 e. The van der Waals surface area contributed by atoms with Crippen LogP contribution in [0.3, 0.4) is 0 Å². The van der Waals surface area contributed by atoms with Gasteiger partial charge >= 0.3 is 5.97 Å². The van der Waals surface area contributed by atoms with Crippen LogP contribution in [0, 0.1) is 12.8 Å². The molecule has 2 aromatic rings. The van der Waals surface area contributed by atoms with Crippen molar-refractivity contribution in [2.75, 3.05) is 0 Å². The van der Waals surface area contributed by atoms with Gasteiger partial charge in [0.25, 0.3) is 0 Å². The van der Waals surface area contributed by atoms with Crippen molar-refractivity contribution in [1.29, 1.82) is 0 Å². The highest BCUT2D eigenvalue weighted by molar-refractivity contribution is 5.92. The molecule has 1 aromatic heterocycles. The molecule has 0 radical (unpaired) electrons. The van der Waals surface area contributed by atoms with Crippen LogP contribution < -0.4 is 0 Å². The van der Waals surface area contributed by atoms with Crippen LogP contribution in [0.5, 0.6) is 0 Å². The van der Waals surface area contributed by atoms with Crippen LogP contribution in [0.25, 0.3) is 11.0 Å². The van der Waals surface area contributed by atoms with E-state index in [0.717, 1.165) is 16.9 Å². The molecule has 1 aromatic carbocycles. The summed E-state index contributed by atoms with van der Waals surface area (Å²) in [6.45, 7) is 4.24. The first-order chi connectivity index (χ1) is 9.58. The van der Waals surface area contributed by atoms with E-state index < -0.39 is 5.97 Å². The molecule has 0 amide bonds. The van der Waals surface area contributed by atoms with Crippen molar-refractivity contribution < 1.29 is 9.90 Å². The van der Waals surface area contributed by atoms with Gasteiger partial charge in [0.15, 0.2) is 0 Å². The number of hydrogen-bond acceptors (Lipinski definition) is 2. The van der Waals surface area contributed by atoms with Crippen LogP contribution in [0.2, 0.25) is 0 Å². The minimum atomic E-state index is -0.883. The number of hydrogen-bond donors (Lipinski definition) is 1. The van der Waals surface area contributed by atoms with Crippen LogP contribution >= 0.6 is 0 Å². The second-order valence-corrected chi connectivity index (χ2v) is 5.82. The van der Waals surface area contributed by atoms with Gasteiger partial charge in [0.1, 0.15) is 5.82 Å². The first kappa shape index (κ1) is 13.2. The average molecular weight is 272 g/mol. The number of carboxylic acids is 1. The standard InChI is InChI=1S/C16H20N2O2/c1-10(12-5-3-4-6-12)18-11(2)17-14-8-7-13(16(19)20)9-15(14)18/h7-10,12H,3-6H2,1-2H3,(H,19,20). The molecule has 0 bridgehead atoms. The third-order valence-electron chi connectivity index (χ3n) is 4.60. The summed E-state index contributed by atoms with van der Waals surface area (Å²) in [6.07, 6.45) is 5.14. The summed E-state index contributed by atoms with van der Waals surface area (Å²) >= 11 is 0. The molecule has 1 atom stereocenters. The zero-order valence-corrected chi connectivity index (χ0v) is 12.0. The Labute approximate surface area is 118 Å². The maximum absolute atomic E-state index is 11.2. The van der Waals surface area contributed by atoms with Gasteiger partial charge < -0.3 is 9.67 Å². The molecule has 3 rings (SSSR count). The fourth-order valence-corrected chi connectivity index (χ4v) is 3.51. The number of imidazole rings is 1.